The number of nitrogens with one attached hydrogen (secondary N) is 1. The van der Waals surface area contributed by atoms with E-state index in [0.717, 1.165) is 30.6 Å². The van der Waals surface area contributed by atoms with Crippen LogP contribution < -0.4 is 15.8 Å². The second kappa shape index (κ2) is 6.94. The van der Waals surface area contributed by atoms with Crippen molar-refractivity contribution in [2.24, 2.45) is 5.73 Å². The summed E-state index contributed by atoms with van der Waals surface area (Å²) in [6, 6.07) is 8.04. The van der Waals surface area contributed by atoms with Gasteiger partial charge >= 0.3 is 0 Å². The summed E-state index contributed by atoms with van der Waals surface area (Å²) in [5, 5.41) is 3.46. The van der Waals surface area contributed by atoms with Crippen LogP contribution in [0.4, 0.5) is 0 Å². The molecule has 4 heteroatoms. The number of rotatable bonds is 7. The van der Waals surface area contributed by atoms with Crippen LogP contribution in [-0.4, -0.2) is 18.6 Å². The first-order chi connectivity index (χ1) is 10.1. The first-order valence-corrected chi connectivity index (χ1v) is 7.87. The molecule has 1 fully saturated rings. The zero-order chi connectivity index (χ0) is 15.3. The zero-order valence-corrected chi connectivity index (χ0v) is 13.0. The first-order valence-electron chi connectivity index (χ1n) is 7.87. The summed E-state index contributed by atoms with van der Waals surface area (Å²) in [5.74, 6) is 0.491. The summed E-state index contributed by atoms with van der Waals surface area (Å²) in [4.78, 5) is 12.0. The van der Waals surface area contributed by atoms with Gasteiger partial charge in [-0.1, -0.05) is 31.9 Å². The predicted octanol–water partition coefficient (Wildman–Crippen LogP) is 2.71. The van der Waals surface area contributed by atoms with Gasteiger partial charge in [-0.15, -0.1) is 0 Å². The number of hydrogen-bond acceptors (Lipinski definition) is 3. The van der Waals surface area contributed by atoms with Gasteiger partial charge in [0.1, 0.15) is 11.3 Å². The Hall–Kier alpha value is -1.55. The molecule has 0 heterocycles. The lowest BCUT2D eigenvalue weighted by Gasteiger charge is -2.31. The van der Waals surface area contributed by atoms with E-state index in [2.05, 4.69) is 12.2 Å². The molecule has 1 aromatic carbocycles. The summed E-state index contributed by atoms with van der Waals surface area (Å²) >= 11 is 0. The van der Waals surface area contributed by atoms with E-state index in [9.17, 15) is 4.79 Å². The highest BCUT2D eigenvalue weighted by atomic mass is 16.5. The standard InChI is InChI=1S/C17H26N2O2/c1-3-12-21-15-10-8-13(9-11-15)17(2,16(18)20)19-14-6-4-5-7-14/h8-11,14,19H,3-7,12H2,1-2H3,(H2,18,20). The van der Waals surface area contributed by atoms with E-state index < -0.39 is 5.54 Å². The molecular formula is C17H26N2O2. The van der Waals surface area contributed by atoms with Crippen molar-refractivity contribution in [2.75, 3.05) is 6.61 Å². The number of amides is 1. The number of primary amides is 1. The van der Waals surface area contributed by atoms with Crippen molar-refractivity contribution in [3.8, 4) is 5.75 Å². The van der Waals surface area contributed by atoms with Gasteiger partial charge in [0, 0.05) is 6.04 Å². The van der Waals surface area contributed by atoms with Gasteiger partial charge in [-0.2, -0.15) is 0 Å². The number of benzene rings is 1. The Morgan fingerprint density at radius 3 is 2.48 bits per heavy atom. The smallest absolute Gasteiger partial charge is 0.242 e. The Labute approximate surface area is 127 Å². The molecule has 1 atom stereocenters. The van der Waals surface area contributed by atoms with Gasteiger partial charge in [-0.3, -0.25) is 10.1 Å². The Kier molecular flexibility index (Phi) is 5.23. The lowest BCUT2D eigenvalue weighted by molar-refractivity contribution is -0.124. The van der Waals surface area contributed by atoms with E-state index in [1.165, 1.54) is 12.8 Å². The average molecular weight is 290 g/mol. The van der Waals surface area contributed by atoms with Gasteiger partial charge in [-0.25, -0.2) is 0 Å². The highest BCUT2D eigenvalue weighted by Crippen LogP contribution is 2.27. The van der Waals surface area contributed by atoms with Crippen molar-refractivity contribution in [1.82, 2.24) is 5.32 Å². The SMILES string of the molecule is CCCOc1ccc(C(C)(NC2CCCC2)C(N)=O)cc1. The van der Waals surface area contributed by atoms with Gasteiger partial charge < -0.3 is 10.5 Å². The second-order valence-electron chi connectivity index (χ2n) is 5.99. The largest absolute Gasteiger partial charge is 0.494 e. The van der Waals surface area contributed by atoms with E-state index in [-0.39, 0.29) is 5.91 Å². The van der Waals surface area contributed by atoms with Crippen molar-refractivity contribution in [3.05, 3.63) is 29.8 Å². The number of hydrogen-bond donors (Lipinski definition) is 2. The Bertz CT molecular complexity index is 466. The molecule has 3 N–H and O–H groups in total. The summed E-state index contributed by atoms with van der Waals surface area (Å²) in [7, 11) is 0. The maximum Gasteiger partial charge on any atom is 0.242 e. The van der Waals surface area contributed by atoms with E-state index in [1.54, 1.807) is 0 Å². The van der Waals surface area contributed by atoms with Crippen molar-refractivity contribution in [3.63, 3.8) is 0 Å². The molecule has 1 aliphatic carbocycles. The van der Waals surface area contributed by atoms with Crippen molar-refractivity contribution < 1.29 is 9.53 Å². The van der Waals surface area contributed by atoms with Gasteiger partial charge in [0.15, 0.2) is 0 Å². The molecule has 0 aliphatic heterocycles. The van der Waals surface area contributed by atoms with Crippen molar-refractivity contribution in [1.29, 1.82) is 0 Å². The van der Waals surface area contributed by atoms with E-state index in [0.29, 0.717) is 12.6 Å². The van der Waals surface area contributed by atoms with Crippen LogP contribution in [0.25, 0.3) is 0 Å². The summed E-state index contributed by atoms with van der Waals surface area (Å²) < 4.78 is 5.58. The number of carbonyl (C=O) groups is 1. The molecule has 1 aromatic rings. The number of nitrogens with two attached hydrogens (primary N) is 1. The van der Waals surface area contributed by atoms with Crippen molar-refractivity contribution >= 4 is 5.91 Å². The Balaban J connectivity index is 2.14. The van der Waals surface area contributed by atoms with Crippen LogP contribution in [0, 0.1) is 0 Å². The zero-order valence-electron chi connectivity index (χ0n) is 13.0. The van der Waals surface area contributed by atoms with Gasteiger partial charge in [0.05, 0.1) is 6.61 Å². The lowest BCUT2D eigenvalue weighted by atomic mass is 9.90. The number of carbonyl (C=O) groups excluding carboxylic acids is 1. The van der Waals surface area contributed by atoms with E-state index in [1.807, 2.05) is 31.2 Å². The fourth-order valence-electron chi connectivity index (χ4n) is 2.88. The van der Waals surface area contributed by atoms with Crippen LogP contribution in [0.5, 0.6) is 5.75 Å². The molecule has 21 heavy (non-hydrogen) atoms. The lowest BCUT2D eigenvalue weighted by Crippen LogP contribution is -2.53. The maximum absolute atomic E-state index is 12.0. The molecule has 116 valence electrons. The van der Waals surface area contributed by atoms with Crippen LogP contribution in [0.1, 0.15) is 51.5 Å². The molecular weight excluding hydrogens is 264 g/mol. The normalized spacial score (nSPS) is 18.4. The molecule has 0 aromatic heterocycles. The third-order valence-electron chi connectivity index (χ3n) is 4.25. The predicted molar refractivity (Wildman–Crippen MR) is 84.2 cm³/mol. The Morgan fingerprint density at radius 2 is 1.95 bits per heavy atom. The first kappa shape index (κ1) is 15.8. The average Bonchev–Trinajstić information content (AvgIpc) is 2.98. The monoisotopic (exact) mass is 290 g/mol. The van der Waals surface area contributed by atoms with Crippen LogP contribution in [0.2, 0.25) is 0 Å². The third-order valence-corrected chi connectivity index (χ3v) is 4.25. The summed E-state index contributed by atoms with van der Waals surface area (Å²) in [6.45, 7) is 4.65. The third kappa shape index (κ3) is 3.76. The molecule has 0 spiro atoms. The second-order valence-corrected chi connectivity index (χ2v) is 5.99. The van der Waals surface area contributed by atoms with Crippen LogP contribution in [0.15, 0.2) is 24.3 Å². The van der Waals surface area contributed by atoms with Gasteiger partial charge in [0.2, 0.25) is 5.91 Å². The maximum atomic E-state index is 12.0. The molecule has 0 radical (unpaired) electrons. The molecule has 0 bridgehead atoms. The fraction of sp³-hybridized carbons (Fsp3) is 0.588. The summed E-state index contributed by atoms with van der Waals surface area (Å²) in [5.41, 5.74) is 5.74. The van der Waals surface area contributed by atoms with Gasteiger partial charge in [0.25, 0.3) is 0 Å². The number of ether oxygens (including phenoxy) is 1. The molecule has 0 saturated heterocycles. The minimum Gasteiger partial charge on any atom is -0.494 e. The molecule has 1 saturated carbocycles. The summed E-state index contributed by atoms with van der Waals surface area (Å²) in [6.07, 6.45) is 5.64. The molecule has 1 unspecified atom stereocenters. The van der Waals surface area contributed by atoms with Crippen LogP contribution >= 0.6 is 0 Å². The topological polar surface area (TPSA) is 64.3 Å². The van der Waals surface area contributed by atoms with Gasteiger partial charge in [-0.05, 0) is 43.9 Å². The van der Waals surface area contributed by atoms with Crippen LogP contribution in [0.3, 0.4) is 0 Å². The van der Waals surface area contributed by atoms with E-state index in [4.69, 9.17) is 10.5 Å². The highest BCUT2D eigenvalue weighted by molar-refractivity contribution is 5.85. The molecule has 2 rings (SSSR count). The molecule has 4 nitrogen and oxygen atoms in total. The van der Waals surface area contributed by atoms with Crippen molar-refractivity contribution in [2.45, 2.75) is 57.5 Å². The Morgan fingerprint density at radius 1 is 1.33 bits per heavy atom. The van der Waals surface area contributed by atoms with E-state index >= 15 is 0 Å². The molecule has 1 amide bonds. The minimum atomic E-state index is -0.821. The van der Waals surface area contributed by atoms with Crippen LogP contribution in [-0.2, 0) is 10.3 Å². The minimum absolute atomic E-state index is 0.336. The quantitative estimate of drug-likeness (QED) is 0.811. The highest BCUT2D eigenvalue weighted by Gasteiger charge is 2.35. The molecule has 1 aliphatic rings. The fourth-order valence-corrected chi connectivity index (χ4v) is 2.88.